The second-order valence-corrected chi connectivity index (χ2v) is 11.7. The van der Waals surface area contributed by atoms with E-state index in [2.05, 4.69) is 98.9 Å². The topological polar surface area (TPSA) is 117 Å². The van der Waals surface area contributed by atoms with Crippen molar-refractivity contribution in [2.75, 3.05) is 33.0 Å². The highest BCUT2D eigenvalue weighted by Gasteiger charge is 2.25. The van der Waals surface area contributed by atoms with E-state index in [9.17, 15) is 14.3 Å². The Bertz CT molecular complexity index is 1010. The highest BCUT2D eigenvalue weighted by Crippen LogP contribution is 2.43. The quantitative estimate of drug-likeness (QED) is 0.0339. The third-order valence-corrected chi connectivity index (χ3v) is 6.99. The lowest BCUT2D eigenvalue weighted by atomic mass is 10.2. The molecule has 0 rings (SSSR count). The number of hydrogen-bond acceptors (Lipinski definition) is 7. The lowest BCUT2D eigenvalue weighted by molar-refractivity contribution is -0.154. The first-order valence-corrected chi connectivity index (χ1v) is 18.2. The van der Waals surface area contributed by atoms with Crippen molar-refractivity contribution in [1.82, 2.24) is 0 Å². The molecular weight excluding hydrogens is 601 g/mol. The number of carbonyl (C=O) groups excluding carboxylic acids is 1. The minimum absolute atomic E-state index is 0.0425. The zero-order chi connectivity index (χ0) is 33.8. The van der Waals surface area contributed by atoms with E-state index in [0.717, 1.165) is 64.2 Å². The maximum Gasteiger partial charge on any atom is 0.472 e. The molecular formula is C37H60NO7P. The number of carbonyl (C=O) groups is 1. The molecule has 3 N–H and O–H groups in total. The molecule has 2 unspecified atom stereocenters. The van der Waals surface area contributed by atoms with Crippen molar-refractivity contribution >= 4 is 13.8 Å². The van der Waals surface area contributed by atoms with Gasteiger partial charge in [-0.25, -0.2) is 4.57 Å². The van der Waals surface area contributed by atoms with Gasteiger partial charge in [-0.2, -0.15) is 0 Å². The molecule has 0 aromatic carbocycles. The van der Waals surface area contributed by atoms with E-state index in [1.165, 1.54) is 0 Å². The number of phosphoric acid groups is 1. The number of phosphoric ester groups is 1. The standard InChI is InChI=1S/C37H60NO7P/c1-3-5-7-9-11-13-15-17-19-21-23-25-27-29-32-42-34-36(35-44-46(40,41)43-33-31-38)45-37(39)30-28-26-24-22-20-18-16-14-12-10-8-6-4-2/h5-8,11-14,17-20,23-26,36H,3-4,9-10,15-16,21-22,27-35,38H2,1-2H3,(H,40,41)/b7-5-,8-6-,13-11-,14-12-,19-17-,20-18-,25-23-,26-24-. The Balaban J connectivity index is 4.40. The molecule has 46 heavy (non-hydrogen) atoms. The zero-order valence-electron chi connectivity index (χ0n) is 28.3. The van der Waals surface area contributed by atoms with E-state index < -0.39 is 19.9 Å². The van der Waals surface area contributed by atoms with Gasteiger partial charge in [-0.15, -0.1) is 0 Å². The van der Waals surface area contributed by atoms with Crippen LogP contribution in [-0.2, 0) is 27.9 Å². The van der Waals surface area contributed by atoms with E-state index in [0.29, 0.717) is 13.0 Å². The maximum absolute atomic E-state index is 12.4. The number of nitrogens with two attached hydrogens (primary N) is 1. The average Bonchev–Trinajstić information content (AvgIpc) is 3.04. The third kappa shape index (κ3) is 32.8. The summed E-state index contributed by atoms with van der Waals surface area (Å²) in [4.78, 5) is 22.2. The first-order valence-electron chi connectivity index (χ1n) is 16.7. The highest BCUT2D eigenvalue weighted by molar-refractivity contribution is 7.47. The summed E-state index contributed by atoms with van der Waals surface area (Å²) in [5.41, 5.74) is 5.33. The fourth-order valence-corrected chi connectivity index (χ4v) is 4.42. The molecule has 0 amide bonds. The fourth-order valence-electron chi connectivity index (χ4n) is 3.66. The number of ether oxygens (including phenoxy) is 2. The molecule has 0 aromatic heterocycles. The molecule has 0 radical (unpaired) electrons. The number of unbranched alkanes of at least 4 members (excludes halogenated alkanes) is 1. The lowest BCUT2D eigenvalue weighted by Gasteiger charge is -2.19. The van der Waals surface area contributed by atoms with Gasteiger partial charge >= 0.3 is 13.8 Å². The molecule has 8 nitrogen and oxygen atoms in total. The van der Waals surface area contributed by atoms with Crippen molar-refractivity contribution < 1.29 is 32.8 Å². The van der Waals surface area contributed by atoms with E-state index in [4.69, 9.17) is 24.3 Å². The summed E-state index contributed by atoms with van der Waals surface area (Å²) in [6.07, 6.45) is 43.1. The third-order valence-electron chi connectivity index (χ3n) is 6.01. The minimum atomic E-state index is -4.31. The van der Waals surface area contributed by atoms with Crippen LogP contribution in [0.25, 0.3) is 0 Å². The van der Waals surface area contributed by atoms with Gasteiger partial charge in [-0.1, -0.05) is 111 Å². The van der Waals surface area contributed by atoms with Gasteiger partial charge in [0.2, 0.25) is 0 Å². The van der Waals surface area contributed by atoms with Crippen molar-refractivity contribution in [3.8, 4) is 0 Å². The summed E-state index contributed by atoms with van der Waals surface area (Å²) in [6.45, 7) is 4.37. The van der Waals surface area contributed by atoms with Crippen LogP contribution in [0.1, 0.15) is 90.9 Å². The van der Waals surface area contributed by atoms with E-state index in [-0.39, 0.29) is 32.8 Å². The van der Waals surface area contributed by atoms with Crippen molar-refractivity contribution in [3.63, 3.8) is 0 Å². The van der Waals surface area contributed by atoms with Crippen LogP contribution in [0.4, 0.5) is 0 Å². The summed E-state index contributed by atoms with van der Waals surface area (Å²) in [5.74, 6) is -0.435. The van der Waals surface area contributed by atoms with Crippen molar-refractivity contribution in [3.05, 3.63) is 97.2 Å². The molecule has 0 saturated heterocycles. The van der Waals surface area contributed by atoms with E-state index >= 15 is 0 Å². The molecule has 0 spiro atoms. The summed E-state index contributed by atoms with van der Waals surface area (Å²) in [5, 5.41) is 0. The van der Waals surface area contributed by atoms with Crippen LogP contribution in [-0.4, -0.2) is 49.9 Å². The predicted molar refractivity (Wildman–Crippen MR) is 191 cm³/mol. The van der Waals surface area contributed by atoms with Crippen molar-refractivity contribution in [2.45, 2.75) is 97.0 Å². The van der Waals surface area contributed by atoms with Crippen molar-refractivity contribution in [1.29, 1.82) is 0 Å². The predicted octanol–water partition coefficient (Wildman–Crippen LogP) is 9.18. The molecule has 260 valence electrons. The first-order chi connectivity index (χ1) is 22.4. The SMILES string of the molecule is CC/C=C\C/C=C\C/C=C\C/C=C\CCCOCC(COP(=O)(O)OCCN)OC(=O)CC/C=C\C/C=C\C/C=C\C/C=C\CC. The Morgan fingerprint density at radius 3 is 1.59 bits per heavy atom. The molecule has 0 aliphatic heterocycles. The Hall–Kier alpha value is -2.58. The monoisotopic (exact) mass is 661 g/mol. The Labute approximate surface area is 279 Å². The number of rotatable bonds is 30. The van der Waals surface area contributed by atoms with Gasteiger partial charge in [0.05, 0.1) is 19.8 Å². The van der Waals surface area contributed by atoms with E-state index in [1.807, 2.05) is 12.2 Å². The van der Waals surface area contributed by atoms with Gasteiger partial charge < -0.3 is 20.1 Å². The van der Waals surface area contributed by atoms with Crippen LogP contribution >= 0.6 is 7.82 Å². The summed E-state index contributed by atoms with van der Waals surface area (Å²) < 4.78 is 33.0. The van der Waals surface area contributed by atoms with Crippen LogP contribution in [0.15, 0.2) is 97.2 Å². The van der Waals surface area contributed by atoms with Crippen LogP contribution < -0.4 is 5.73 Å². The maximum atomic E-state index is 12.4. The van der Waals surface area contributed by atoms with Gasteiger partial charge in [0.1, 0.15) is 6.10 Å². The largest absolute Gasteiger partial charge is 0.472 e. The lowest BCUT2D eigenvalue weighted by Crippen LogP contribution is -2.28. The summed E-state index contributed by atoms with van der Waals surface area (Å²) >= 11 is 0. The molecule has 0 heterocycles. The highest BCUT2D eigenvalue weighted by atomic mass is 31.2. The van der Waals surface area contributed by atoms with Gasteiger partial charge in [0, 0.05) is 19.6 Å². The van der Waals surface area contributed by atoms with Gasteiger partial charge in [-0.05, 0) is 70.6 Å². The summed E-state index contributed by atoms with van der Waals surface area (Å²) in [6, 6.07) is 0. The van der Waals surface area contributed by atoms with Gasteiger partial charge in [-0.3, -0.25) is 13.8 Å². The zero-order valence-corrected chi connectivity index (χ0v) is 29.2. The average molecular weight is 662 g/mol. The van der Waals surface area contributed by atoms with Gasteiger partial charge in [0.25, 0.3) is 0 Å². The van der Waals surface area contributed by atoms with E-state index in [1.54, 1.807) is 0 Å². The number of esters is 1. The molecule has 9 heteroatoms. The summed E-state index contributed by atoms with van der Waals surface area (Å²) in [7, 11) is -4.31. The fraction of sp³-hybridized carbons (Fsp3) is 0.541. The second-order valence-electron chi connectivity index (χ2n) is 10.3. The minimum Gasteiger partial charge on any atom is -0.457 e. The molecule has 0 bridgehead atoms. The molecule has 0 fully saturated rings. The molecule has 0 aromatic rings. The molecule has 0 aliphatic rings. The first kappa shape index (κ1) is 43.4. The van der Waals surface area contributed by atoms with Gasteiger partial charge in [0.15, 0.2) is 0 Å². The Kier molecular flexibility index (Phi) is 31.9. The Morgan fingerprint density at radius 1 is 0.652 bits per heavy atom. The smallest absolute Gasteiger partial charge is 0.457 e. The second kappa shape index (κ2) is 33.8. The molecule has 0 aliphatic carbocycles. The Morgan fingerprint density at radius 2 is 1.11 bits per heavy atom. The molecule has 2 atom stereocenters. The van der Waals surface area contributed by atoms with Crippen LogP contribution in [0.2, 0.25) is 0 Å². The number of hydrogen-bond donors (Lipinski definition) is 2. The van der Waals surface area contributed by atoms with Crippen molar-refractivity contribution in [2.24, 2.45) is 5.73 Å². The molecule has 0 saturated carbocycles. The number of allylic oxidation sites excluding steroid dienone is 16. The van der Waals surface area contributed by atoms with Crippen LogP contribution in [0.3, 0.4) is 0 Å². The van der Waals surface area contributed by atoms with Crippen LogP contribution in [0, 0.1) is 0 Å². The normalized spacial score (nSPS) is 15.0. The van der Waals surface area contributed by atoms with Crippen LogP contribution in [0.5, 0.6) is 0 Å².